The van der Waals surface area contributed by atoms with Crippen LogP contribution in [-0.2, 0) is 17.1 Å². The van der Waals surface area contributed by atoms with E-state index in [1.165, 1.54) is 24.6 Å². The summed E-state index contributed by atoms with van der Waals surface area (Å²) in [7, 11) is -11.1. The Morgan fingerprint density at radius 1 is 0.647 bits per heavy atom. The molecule has 1 radical (unpaired) electrons. The molecule has 0 saturated heterocycles. The summed E-state index contributed by atoms with van der Waals surface area (Å²) in [6, 6.07) is 0. The molecular formula is C8H20CuF6P2. The maximum absolute atomic E-state index is 10.7. The molecule has 0 aliphatic rings. The zero-order valence-electron chi connectivity index (χ0n) is 10.3. The predicted octanol–water partition coefficient (Wildman–Crippen LogP) is 6.46. The molecule has 0 aliphatic carbocycles. The van der Waals surface area contributed by atoms with Gasteiger partial charge in [0.05, 0.1) is 24.6 Å². The summed E-state index contributed by atoms with van der Waals surface area (Å²) < 4.78 is 59.2. The van der Waals surface area contributed by atoms with E-state index in [2.05, 4.69) is 27.7 Å². The minimum Gasteiger partial charge on any atom is 0 e. The van der Waals surface area contributed by atoms with Gasteiger partial charge in [-0.25, -0.2) is 0 Å². The average Bonchev–Trinajstić information content (AvgIpc) is 2.04. The van der Waals surface area contributed by atoms with Gasteiger partial charge in [0.15, 0.2) is 0 Å². The first-order chi connectivity index (χ1) is 6.69. The Labute approximate surface area is 110 Å². The molecule has 9 heteroatoms. The van der Waals surface area contributed by atoms with Crippen molar-refractivity contribution in [3.8, 4) is 0 Å². The quantitative estimate of drug-likeness (QED) is 0.308. The van der Waals surface area contributed by atoms with Crippen LogP contribution in [0.15, 0.2) is 0 Å². The van der Waals surface area contributed by atoms with Crippen molar-refractivity contribution in [3.05, 3.63) is 0 Å². The molecule has 115 valence electrons. The van der Waals surface area contributed by atoms with Crippen molar-refractivity contribution in [2.75, 3.05) is 24.6 Å². The molecule has 0 aliphatic heterocycles. The van der Waals surface area contributed by atoms with Crippen LogP contribution in [0.4, 0.5) is 25.2 Å². The van der Waals surface area contributed by atoms with Crippen molar-refractivity contribution in [1.82, 2.24) is 0 Å². The van der Waals surface area contributed by atoms with Gasteiger partial charge in [0.25, 0.3) is 0 Å². The third-order valence-corrected chi connectivity index (χ3v) is 8.05. The minimum atomic E-state index is -10.7. The van der Waals surface area contributed by atoms with Gasteiger partial charge in [0.1, 0.15) is 0 Å². The average molecular weight is 356 g/mol. The third kappa shape index (κ3) is 22.6. The Morgan fingerprint density at radius 3 is 0.765 bits per heavy atom. The molecule has 0 aromatic carbocycles. The van der Waals surface area contributed by atoms with Crippen LogP contribution in [0.5, 0.6) is 0 Å². The van der Waals surface area contributed by atoms with Crippen molar-refractivity contribution in [2.24, 2.45) is 0 Å². The monoisotopic (exact) mass is 355 g/mol. The number of hydrogen-bond donors (Lipinski definition) is 0. The molecule has 0 N–H and O–H groups in total. The Hall–Kier alpha value is 0.959. The Bertz CT molecular complexity index is 178. The Balaban J connectivity index is -0.000000224. The zero-order chi connectivity index (χ0) is 13.7. The molecule has 0 atom stereocenters. The van der Waals surface area contributed by atoms with Crippen molar-refractivity contribution in [1.29, 1.82) is 0 Å². The molecular weight excluding hydrogens is 336 g/mol. The summed E-state index contributed by atoms with van der Waals surface area (Å²) in [6.07, 6.45) is 5.82. The van der Waals surface area contributed by atoms with Crippen LogP contribution in [0, 0.1) is 0 Å². The molecule has 0 saturated carbocycles. The standard InChI is InChI=1S/C8H20P.Cu.F6P/c1-5-9(6-2,7-3)8-4;;1-7(2,3,4,5)6/h5-8H2,1-4H3;;/q+1;;-1. The van der Waals surface area contributed by atoms with Crippen LogP contribution < -0.4 is 0 Å². The van der Waals surface area contributed by atoms with Gasteiger partial charge < -0.3 is 0 Å². The molecule has 0 aromatic heterocycles. The topological polar surface area (TPSA) is 0 Å². The van der Waals surface area contributed by atoms with Crippen molar-refractivity contribution >= 4 is 15.1 Å². The van der Waals surface area contributed by atoms with E-state index >= 15 is 0 Å². The van der Waals surface area contributed by atoms with Gasteiger partial charge in [0, 0.05) is 24.3 Å². The largest absolute Gasteiger partial charge is 0 e. The minimum absolute atomic E-state index is 0. The summed E-state index contributed by atoms with van der Waals surface area (Å²) in [5, 5.41) is 0. The first-order valence-corrected chi connectivity index (χ1v) is 9.67. The van der Waals surface area contributed by atoms with Crippen LogP contribution in [0.1, 0.15) is 27.7 Å². The second-order valence-corrected chi connectivity index (χ2v) is 10.7. The van der Waals surface area contributed by atoms with Gasteiger partial charge in [0.2, 0.25) is 0 Å². The van der Waals surface area contributed by atoms with Crippen molar-refractivity contribution in [3.63, 3.8) is 0 Å². The van der Waals surface area contributed by atoms with Gasteiger partial charge in [-0.15, -0.1) is 0 Å². The van der Waals surface area contributed by atoms with E-state index in [0.717, 1.165) is 0 Å². The molecule has 0 aromatic rings. The van der Waals surface area contributed by atoms with Crippen LogP contribution >= 0.6 is 15.1 Å². The smallest absolute Gasteiger partial charge is 0 e. The summed E-state index contributed by atoms with van der Waals surface area (Å²) in [5.41, 5.74) is 0. The molecule has 0 rings (SSSR count). The van der Waals surface area contributed by atoms with Crippen molar-refractivity contribution in [2.45, 2.75) is 27.7 Å². The first kappa shape index (κ1) is 23.1. The maximum Gasteiger partial charge on any atom is 0 e. The van der Waals surface area contributed by atoms with Crippen molar-refractivity contribution < 1.29 is 42.3 Å². The molecule has 0 heterocycles. The maximum atomic E-state index is 9.87. The second-order valence-electron chi connectivity index (χ2n) is 3.56. The van der Waals surface area contributed by atoms with Crippen LogP contribution in [0.25, 0.3) is 0 Å². The fourth-order valence-electron chi connectivity index (χ4n) is 1.34. The Kier molecular flexibility index (Phi) is 8.70. The third-order valence-electron chi connectivity index (χ3n) is 2.68. The number of halogens is 6. The summed E-state index contributed by atoms with van der Waals surface area (Å²) in [5.74, 6) is 0. The number of hydrogen-bond acceptors (Lipinski definition) is 0. The van der Waals surface area contributed by atoms with E-state index in [0.29, 0.717) is 0 Å². The molecule has 0 bridgehead atoms. The van der Waals surface area contributed by atoms with Gasteiger partial charge in [-0.05, 0) is 27.7 Å². The zero-order valence-corrected chi connectivity index (χ0v) is 13.0. The van der Waals surface area contributed by atoms with Crippen LogP contribution in [-0.4, -0.2) is 24.6 Å². The number of rotatable bonds is 4. The van der Waals surface area contributed by atoms with Gasteiger partial charge in [-0.2, -0.15) is 0 Å². The van der Waals surface area contributed by atoms with Gasteiger partial charge in [-0.1, -0.05) is 0 Å². The summed E-state index contributed by atoms with van der Waals surface area (Å²) in [6.45, 7) is 9.41. The molecule has 0 fully saturated rings. The van der Waals surface area contributed by atoms with E-state index < -0.39 is 15.1 Å². The first-order valence-electron chi connectivity index (χ1n) is 5.11. The van der Waals surface area contributed by atoms with E-state index in [-0.39, 0.29) is 17.1 Å². The van der Waals surface area contributed by atoms with Gasteiger partial charge >= 0.3 is 33.0 Å². The van der Waals surface area contributed by atoms with E-state index in [1.807, 2.05) is 0 Å². The molecule has 0 unspecified atom stereocenters. The van der Waals surface area contributed by atoms with E-state index in [9.17, 15) is 25.2 Å². The van der Waals surface area contributed by atoms with Crippen LogP contribution in [0.2, 0.25) is 0 Å². The molecule has 0 amide bonds. The van der Waals surface area contributed by atoms with E-state index in [1.54, 1.807) is 0 Å². The molecule has 0 spiro atoms. The fraction of sp³-hybridized carbons (Fsp3) is 1.00. The van der Waals surface area contributed by atoms with Crippen LogP contribution in [0.3, 0.4) is 0 Å². The Morgan fingerprint density at radius 2 is 0.765 bits per heavy atom. The fourth-order valence-corrected chi connectivity index (χ4v) is 4.02. The predicted molar refractivity (Wildman–Crippen MR) is 62.7 cm³/mol. The summed E-state index contributed by atoms with van der Waals surface area (Å²) in [4.78, 5) is 0. The molecule has 17 heavy (non-hydrogen) atoms. The SMILES string of the molecule is CC[P+](CC)(CC)CC.F[P-](F)(F)(F)(F)F.[Cu]. The second kappa shape index (κ2) is 6.41. The van der Waals surface area contributed by atoms with E-state index in [4.69, 9.17) is 0 Å². The molecule has 0 nitrogen and oxygen atoms in total. The van der Waals surface area contributed by atoms with Gasteiger partial charge in [-0.3, -0.25) is 0 Å². The summed E-state index contributed by atoms with van der Waals surface area (Å²) >= 11 is 0. The normalized spacial score (nSPS) is 15.9.